The Hall–Kier alpha value is -1.42. The Kier molecular flexibility index (Phi) is 4.24. The molecular formula is C11H14FNO2. The average molecular weight is 211 g/mol. The van der Waals surface area contributed by atoms with E-state index in [9.17, 15) is 9.18 Å². The van der Waals surface area contributed by atoms with Gasteiger partial charge < -0.3 is 10.4 Å². The van der Waals surface area contributed by atoms with Gasteiger partial charge in [-0.3, -0.25) is 4.79 Å². The lowest BCUT2D eigenvalue weighted by Gasteiger charge is -2.14. The van der Waals surface area contributed by atoms with Crippen molar-refractivity contribution >= 4 is 5.97 Å². The van der Waals surface area contributed by atoms with Gasteiger partial charge in [-0.2, -0.15) is 0 Å². The second-order valence-electron chi connectivity index (χ2n) is 3.40. The number of likely N-dealkylation sites (N-methyl/N-ethyl adjacent to an activating group) is 1. The zero-order valence-electron chi connectivity index (χ0n) is 8.53. The van der Waals surface area contributed by atoms with Crippen molar-refractivity contribution in [2.75, 3.05) is 13.6 Å². The summed E-state index contributed by atoms with van der Waals surface area (Å²) in [4.78, 5) is 10.6. The molecule has 0 fully saturated rings. The predicted molar refractivity (Wildman–Crippen MR) is 55.3 cm³/mol. The van der Waals surface area contributed by atoms with Crippen molar-refractivity contribution in [3.05, 3.63) is 35.6 Å². The van der Waals surface area contributed by atoms with Crippen LogP contribution in [0.1, 0.15) is 17.9 Å². The van der Waals surface area contributed by atoms with Gasteiger partial charge in [0.2, 0.25) is 0 Å². The van der Waals surface area contributed by atoms with Crippen molar-refractivity contribution in [2.24, 2.45) is 0 Å². The number of benzene rings is 1. The Morgan fingerprint density at radius 3 is 2.53 bits per heavy atom. The van der Waals surface area contributed by atoms with E-state index < -0.39 is 5.97 Å². The molecule has 1 aromatic rings. The lowest BCUT2D eigenvalue weighted by molar-refractivity contribution is -0.137. The Bertz CT molecular complexity index is 324. The Morgan fingerprint density at radius 2 is 2.07 bits per heavy atom. The van der Waals surface area contributed by atoms with E-state index in [-0.39, 0.29) is 18.2 Å². The number of aliphatic carboxylic acids is 1. The first-order valence-corrected chi connectivity index (χ1v) is 4.75. The molecule has 3 nitrogen and oxygen atoms in total. The molecule has 0 aromatic heterocycles. The van der Waals surface area contributed by atoms with Crippen molar-refractivity contribution in [1.82, 2.24) is 5.32 Å². The van der Waals surface area contributed by atoms with Crippen molar-refractivity contribution in [3.63, 3.8) is 0 Å². The number of halogens is 1. The van der Waals surface area contributed by atoms with Crippen LogP contribution in [0, 0.1) is 5.82 Å². The first kappa shape index (κ1) is 11.7. The highest BCUT2D eigenvalue weighted by Crippen LogP contribution is 2.19. The van der Waals surface area contributed by atoms with E-state index in [4.69, 9.17) is 5.11 Å². The molecule has 0 spiro atoms. The largest absolute Gasteiger partial charge is 0.481 e. The van der Waals surface area contributed by atoms with Gasteiger partial charge in [0.25, 0.3) is 0 Å². The van der Waals surface area contributed by atoms with Crippen LogP contribution in [0.3, 0.4) is 0 Å². The first-order chi connectivity index (χ1) is 7.13. The lowest BCUT2D eigenvalue weighted by atomic mass is 9.96. The van der Waals surface area contributed by atoms with E-state index in [0.29, 0.717) is 6.54 Å². The second-order valence-corrected chi connectivity index (χ2v) is 3.40. The molecule has 0 aliphatic carbocycles. The molecule has 15 heavy (non-hydrogen) atoms. The molecule has 1 rings (SSSR count). The summed E-state index contributed by atoms with van der Waals surface area (Å²) in [6.45, 7) is 0.567. The van der Waals surface area contributed by atoms with Crippen LogP contribution in [0.2, 0.25) is 0 Å². The molecule has 0 saturated carbocycles. The van der Waals surface area contributed by atoms with E-state index in [1.807, 2.05) is 0 Å². The molecule has 0 saturated heterocycles. The van der Waals surface area contributed by atoms with Crippen LogP contribution in [-0.2, 0) is 4.79 Å². The minimum atomic E-state index is -0.848. The summed E-state index contributed by atoms with van der Waals surface area (Å²) in [6, 6.07) is 5.94. The number of rotatable bonds is 5. The third kappa shape index (κ3) is 3.67. The van der Waals surface area contributed by atoms with Crippen LogP contribution in [0.4, 0.5) is 4.39 Å². The first-order valence-electron chi connectivity index (χ1n) is 4.75. The molecule has 0 radical (unpaired) electrons. The van der Waals surface area contributed by atoms with Gasteiger partial charge in [0.1, 0.15) is 5.82 Å². The van der Waals surface area contributed by atoms with Crippen molar-refractivity contribution < 1.29 is 14.3 Å². The van der Waals surface area contributed by atoms with Crippen molar-refractivity contribution in [3.8, 4) is 0 Å². The van der Waals surface area contributed by atoms with Gasteiger partial charge in [0.15, 0.2) is 0 Å². The van der Waals surface area contributed by atoms with Gasteiger partial charge in [0, 0.05) is 12.5 Å². The highest BCUT2D eigenvalue weighted by atomic mass is 19.1. The third-order valence-electron chi connectivity index (χ3n) is 2.21. The smallest absolute Gasteiger partial charge is 0.304 e. The monoisotopic (exact) mass is 211 g/mol. The molecule has 1 atom stereocenters. The Balaban J connectivity index is 2.78. The van der Waals surface area contributed by atoms with Crippen LogP contribution < -0.4 is 5.32 Å². The molecule has 2 N–H and O–H groups in total. The van der Waals surface area contributed by atoms with Crippen LogP contribution >= 0.6 is 0 Å². The average Bonchev–Trinajstić information content (AvgIpc) is 2.17. The van der Waals surface area contributed by atoms with Gasteiger partial charge in [-0.05, 0) is 24.7 Å². The maximum Gasteiger partial charge on any atom is 0.304 e. The lowest BCUT2D eigenvalue weighted by Crippen LogP contribution is -2.19. The van der Waals surface area contributed by atoms with Crippen molar-refractivity contribution in [1.29, 1.82) is 0 Å². The Labute approximate surface area is 87.9 Å². The summed E-state index contributed by atoms with van der Waals surface area (Å²) in [7, 11) is 1.76. The fraction of sp³-hybridized carbons (Fsp3) is 0.364. The van der Waals surface area contributed by atoms with Crippen LogP contribution in [-0.4, -0.2) is 24.7 Å². The zero-order valence-corrected chi connectivity index (χ0v) is 8.53. The topological polar surface area (TPSA) is 49.3 Å². The van der Waals surface area contributed by atoms with E-state index in [1.54, 1.807) is 19.2 Å². The third-order valence-corrected chi connectivity index (χ3v) is 2.21. The number of nitrogens with one attached hydrogen (secondary N) is 1. The molecule has 0 aliphatic rings. The summed E-state index contributed by atoms with van der Waals surface area (Å²) in [6.07, 6.45) is 0.0481. The number of carboxylic acid groups (broad SMARTS) is 1. The molecule has 1 unspecified atom stereocenters. The summed E-state index contributed by atoms with van der Waals surface area (Å²) in [5.41, 5.74) is 0.841. The number of carbonyl (C=O) groups is 1. The van der Waals surface area contributed by atoms with Gasteiger partial charge in [-0.15, -0.1) is 0 Å². The molecule has 82 valence electrons. The summed E-state index contributed by atoms with van der Waals surface area (Å²) in [5, 5.41) is 11.7. The summed E-state index contributed by atoms with van der Waals surface area (Å²) < 4.78 is 12.7. The number of hydrogen-bond donors (Lipinski definition) is 2. The second kappa shape index (κ2) is 5.46. The maximum atomic E-state index is 12.7. The molecule has 1 aromatic carbocycles. The Morgan fingerprint density at radius 1 is 1.47 bits per heavy atom. The van der Waals surface area contributed by atoms with Gasteiger partial charge in [-0.25, -0.2) is 4.39 Å². The predicted octanol–water partition coefficient (Wildman–Crippen LogP) is 1.60. The van der Waals surface area contributed by atoms with Crippen LogP contribution in [0.5, 0.6) is 0 Å². The van der Waals surface area contributed by atoms with E-state index in [0.717, 1.165) is 5.56 Å². The maximum absolute atomic E-state index is 12.7. The van der Waals surface area contributed by atoms with E-state index >= 15 is 0 Å². The van der Waals surface area contributed by atoms with Gasteiger partial charge >= 0.3 is 5.97 Å². The molecule has 0 bridgehead atoms. The minimum Gasteiger partial charge on any atom is -0.481 e. The molecule has 0 aliphatic heterocycles. The van der Waals surface area contributed by atoms with E-state index in [2.05, 4.69) is 5.32 Å². The standard InChI is InChI=1S/C11H14FNO2/c1-13-7-9(6-11(14)15)8-2-4-10(12)5-3-8/h2-5,9,13H,6-7H2,1H3,(H,14,15). The fourth-order valence-corrected chi connectivity index (χ4v) is 1.50. The highest BCUT2D eigenvalue weighted by molar-refractivity contribution is 5.68. The van der Waals surface area contributed by atoms with E-state index in [1.165, 1.54) is 12.1 Å². The molecule has 0 heterocycles. The summed E-state index contributed by atoms with van der Waals surface area (Å²) >= 11 is 0. The highest BCUT2D eigenvalue weighted by Gasteiger charge is 2.14. The van der Waals surface area contributed by atoms with Gasteiger partial charge in [0.05, 0.1) is 6.42 Å². The molecule has 0 amide bonds. The van der Waals surface area contributed by atoms with Gasteiger partial charge in [-0.1, -0.05) is 12.1 Å². The van der Waals surface area contributed by atoms with Crippen LogP contribution in [0.25, 0.3) is 0 Å². The molecular weight excluding hydrogens is 197 g/mol. The number of hydrogen-bond acceptors (Lipinski definition) is 2. The van der Waals surface area contributed by atoms with Crippen molar-refractivity contribution in [2.45, 2.75) is 12.3 Å². The SMILES string of the molecule is CNCC(CC(=O)O)c1ccc(F)cc1. The quantitative estimate of drug-likeness (QED) is 0.777. The fourth-order valence-electron chi connectivity index (χ4n) is 1.50. The molecule has 4 heteroatoms. The normalized spacial score (nSPS) is 12.4. The number of carboxylic acids is 1. The van der Waals surface area contributed by atoms with Crippen LogP contribution in [0.15, 0.2) is 24.3 Å². The zero-order chi connectivity index (χ0) is 11.3. The minimum absolute atomic E-state index is 0.0481. The summed E-state index contributed by atoms with van der Waals surface area (Å²) in [5.74, 6) is -1.27.